The van der Waals surface area contributed by atoms with Gasteiger partial charge in [-0.25, -0.2) is 4.39 Å². The number of ether oxygens (including phenoxy) is 1. The highest BCUT2D eigenvalue weighted by molar-refractivity contribution is 5.34. The summed E-state index contributed by atoms with van der Waals surface area (Å²) in [7, 11) is 1.60. The highest BCUT2D eigenvalue weighted by atomic mass is 19.1. The van der Waals surface area contributed by atoms with Crippen LogP contribution in [0.3, 0.4) is 0 Å². The van der Waals surface area contributed by atoms with E-state index < -0.39 is 0 Å². The van der Waals surface area contributed by atoms with Crippen molar-refractivity contribution in [1.82, 2.24) is 0 Å². The Hall–Kier alpha value is -1.09. The summed E-state index contributed by atoms with van der Waals surface area (Å²) < 4.78 is 18.3. The number of benzene rings is 1. The molecule has 2 nitrogen and oxygen atoms in total. The molecule has 1 unspecified atom stereocenters. The average Bonchev–Trinajstić information content (AvgIpc) is 3.02. The number of methoxy groups -OCH3 is 1. The van der Waals surface area contributed by atoms with Gasteiger partial charge in [-0.05, 0) is 42.5 Å². The minimum absolute atomic E-state index is 0.114. The van der Waals surface area contributed by atoms with E-state index in [0.717, 1.165) is 23.7 Å². The van der Waals surface area contributed by atoms with Gasteiger partial charge in [0.15, 0.2) is 0 Å². The van der Waals surface area contributed by atoms with Crippen LogP contribution < -0.4 is 10.5 Å². The van der Waals surface area contributed by atoms with E-state index in [4.69, 9.17) is 10.5 Å². The van der Waals surface area contributed by atoms with Crippen molar-refractivity contribution in [3.63, 3.8) is 0 Å². The molecule has 0 amide bonds. The maximum atomic E-state index is 13.1. The van der Waals surface area contributed by atoms with Crippen LogP contribution in [-0.4, -0.2) is 13.2 Å². The molecule has 16 heavy (non-hydrogen) atoms. The van der Waals surface area contributed by atoms with Crippen LogP contribution in [0.4, 0.5) is 4.39 Å². The van der Waals surface area contributed by atoms with Crippen LogP contribution >= 0.6 is 0 Å². The van der Waals surface area contributed by atoms with Crippen LogP contribution in [0.5, 0.6) is 5.75 Å². The maximum absolute atomic E-state index is 13.1. The average molecular weight is 223 g/mol. The molecule has 0 spiro atoms. The van der Waals surface area contributed by atoms with Gasteiger partial charge in [0, 0.05) is 6.04 Å². The predicted octanol–water partition coefficient (Wildman–Crippen LogP) is 2.50. The normalized spacial score (nSPS) is 17.2. The molecule has 1 fully saturated rings. The number of rotatable bonds is 5. The van der Waals surface area contributed by atoms with Gasteiger partial charge in [-0.3, -0.25) is 0 Å². The molecule has 0 heterocycles. The van der Waals surface area contributed by atoms with Crippen LogP contribution in [0.2, 0.25) is 0 Å². The third-order valence-corrected chi connectivity index (χ3v) is 3.06. The molecule has 0 aliphatic heterocycles. The van der Waals surface area contributed by atoms with E-state index in [0.29, 0.717) is 6.42 Å². The second-order valence-corrected chi connectivity index (χ2v) is 4.60. The summed E-state index contributed by atoms with van der Waals surface area (Å²) in [6.45, 7) is 0. The fraction of sp³-hybridized carbons (Fsp3) is 0.538. The van der Waals surface area contributed by atoms with Crippen molar-refractivity contribution in [3.8, 4) is 5.75 Å². The van der Waals surface area contributed by atoms with Gasteiger partial charge < -0.3 is 10.5 Å². The first kappa shape index (κ1) is 11.4. The first-order valence-corrected chi connectivity index (χ1v) is 5.77. The minimum Gasteiger partial charge on any atom is -0.496 e. The highest BCUT2D eigenvalue weighted by Crippen LogP contribution is 2.34. The Morgan fingerprint density at radius 2 is 2.25 bits per heavy atom. The van der Waals surface area contributed by atoms with Crippen molar-refractivity contribution in [3.05, 3.63) is 29.6 Å². The number of hydrogen-bond donors (Lipinski definition) is 1. The zero-order chi connectivity index (χ0) is 11.5. The Morgan fingerprint density at radius 1 is 1.50 bits per heavy atom. The molecule has 2 N–H and O–H groups in total. The summed E-state index contributed by atoms with van der Waals surface area (Å²) in [6, 6.07) is 4.71. The molecule has 1 aromatic rings. The third-order valence-electron chi connectivity index (χ3n) is 3.06. The lowest BCUT2D eigenvalue weighted by atomic mass is 10.0. The second kappa shape index (κ2) is 4.83. The van der Waals surface area contributed by atoms with Crippen molar-refractivity contribution in [2.45, 2.75) is 31.7 Å². The maximum Gasteiger partial charge on any atom is 0.123 e. The third kappa shape index (κ3) is 2.95. The van der Waals surface area contributed by atoms with Gasteiger partial charge >= 0.3 is 0 Å². The van der Waals surface area contributed by atoms with E-state index in [1.807, 2.05) is 0 Å². The topological polar surface area (TPSA) is 35.2 Å². The molecule has 88 valence electrons. The Bertz CT molecular complexity index is 363. The van der Waals surface area contributed by atoms with Crippen molar-refractivity contribution in [2.75, 3.05) is 7.11 Å². The van der Waals surface area contributed by atoms with Gasteiger partial charge in [-0.1, -0.05) is 12.8 Å². The molecular formula is C13H18FNO. The van der Waals surface area contributed by atoms with E-state index in [-0.39, 0.29) is 11.9 Å². The molecule has 0 bridgehead atoms. The fourth-order valence-corrected chi connectivity index (χ4v) is 2.05. The molecule has 0 aromatic heterocycles. The van der Waals surface area contributed by atoms with Crippen LogP contribution in [-0.2, 0) is 6.42 Å². The standard InChI is InChI=1S/C13H18FNO/c1-16-13-5-4-11(14)7-10(13)8-12(15)6-9-2-3-9/h4-5,7,9,12H,2-3,6,8,15H2,1H3. The van der Waals surface area contributed by atoms with Crippen LogP contribution in [0.15, 0.2) is 18.2 Å². The van der Waals surface area contributed by atoms with Gasteiger partial charge in [-0.2, -0.15) is 0 Å². The summed E-state index contributed by atoms with van der Waals surface area (Å²) in [6.07, 6.45) is 4.33. The fourth-order valence-electron chi connectivity index (χ4n) is 2.05. The van der Waals surface area contributed by atoms with Crippen molar-refractivity contribution in [2.24, 2.45) is 11.7 Å². The lowest BCUT2D eigenvalue weighted by molar-refractivity contribution is 0.405. The quantitative estimate of drug-likeness (QED) is 0.832. The molecule has 2 rings (SSSR count). The molecular weight excluding hydrogens is 205 g/mol. The minimum atomic E-state index is -0.227. The van der Waals surface area contributed by atoms with E-state index in [1.54, 1.807) is 13.2 Å². The SMILES string of the molecule is COc1ccc(F)cc1CC(N)CC1CC1. The summed E-state index contributed by atoms with van der Waals surface area (Å²) in [5.41, 5.74) is 6.91. The van der Waals surface area contributed by atoms with Gasteiger partial charge in [-0.15, -0.1) is 0 Å². The van der Waals surface area contributed by atoms with E-state index >= 15 is 0 Å². The largest absolute Gasteiger partial charge is 0.496 e. The van der Waals surface area contributed by atoms with E-state index in [2.05, 4.69) is 0 Å². The van der Waals surface area contributed by atoms with Gasteiger partial charge in [0.25, 0.3) is 0 Å². The van der Waals surface area contributed by atoms with Gasteiger partial charge in [0.2, 0.25) is 0 Å². The Kier molecular flexibility index (Phi) is 3.44. The zero-order valence-electron chi connectivity index (χ0n) is 9.58. The Balaban J connectivity index is 2.02. The molecule has 3 heteroatoms. The number of halogens is 1. The Labute approximate surface area is 95.6 Å². The molecule has 1 aromatic carbocycles. The van der Waals surface area contributed by atoms with Gasteiger partial charge in [0.1, 0.15) is 11.6 Å². The lowest BCUT2D eigenvalue weighted by Gasteiger charge is -2.13. The molecule has 1 aliphatic carbocycles. The van der Waals surface area contributed by atoms with Crippen molar-refractivity contribution >= 4 is 0 Å². The first-order chi connectivity index (χ1) is 7.69. The van der Waals surface area contributed by atoms with E-state index in [1.165, 1.54) is 25.0 Å². The van der Waals surface area contributed by atoms with Crippen LogP contribution in [0.1, 0.15) is 24.8 Å². The first-order valence-electron chi connectivity index (χ1n) is 5.77. The van der Waals surface area contributed by atoms with Crippen molar-refractivity contribution in [1.29, 1.82) is 0 Å². The number of hydrogen-bond acceptors (Lipinski definition) is 2. The summed E-state index contributed by atoms with van der Waals surface area (Å²) in [5.74, 6) is 1.30. The second-order valence-electron chi connectivity index (χ2n) is 4.60. The van der Waals surface area contributed by atoms with Crippen LogP contribution in [0.25, 0.3) is 0 Å². The summed E-state index contributed by atoms with van der Waals surface area (Å²) >= 11 is 0. The van der Waals surface area contributed by atoms with E-state index in [9.17, 15) is 4.39 Å². The summed E-state index contributed by atoms with van der Waals surface area (Å²) in [5, 5.41) is 0. The number of nitrogens with two attached hydrogens (primary N) is 1. The predicted molar refractivity (Wildman–Crippen MR) is 62.0 cm³/mol. The molecule has 1 aliphatic rings. The highest BCUT2D eigenvalue weighted by Gasteiger charge is 2.24. The Morgan fingerprint density at radius 3 is 2.88 bits per heavy atom. The van der Waals surface area contributed by atoms with Gasteiger partial charge in [0.05, 0.1) is 7.11 Å². The van der Waals surface area contributed by atoms with Crippen LogP contribution in [0, 0.1) is 11.7 Å². The molecule has 1 atom stereocenters. The molecule has 0 radical (unpaired) electrons. The summed E-state index contributed by atoms with van der Waals surface area (Å²) in [4.78, 5) is 0. The monoisotopic (exact) mass is 223 g/mol. The zero-order valence-corrected chi connectivity index (χ0v) is 9.58. The van der Waals surface area contributed by atoms with Crippen molar-refractivity contribution < 1.29 is 9.13 Å². The smallest absolute Gasteiger partial charge is 0.123 e. The molecule has 1 saturated carbocycles. The molecule has 0 saturated heterocycles. The lowest BCUT2D eigenvalue weighted by Crippen LogP contribution is -2.23.